The Balaban J connectivity index is 0.00000289. The van der Waals surface area contributed by atoms with E-state index in [0.29, 0.717) is 5.56 Å². The lowest BCUT2D eigenvalue weighted by molar-refractivity contribution is -0.168. The number of halogens is 4. The van der Waals surface area contributed by atoms with E-state index in [1.165, 1.54) is 12.1 Å². The molecule has 0 saturated heterocycles. The van der Waals surface area contributed by atoms with Crippen molar-refractivity contribution in [1.29, 1.82) is 0 Å². The number of nitrogens with two attached hydrogens (primary N) is 1. The van der Waals surface area contributed by atoms with Crippen LogP contribution < -0.4 is 5.73 Å². The molecule has 104 valence electrons. The molecule has 0 aliphatic heterocycles. The van der Waals surface area contributed by atoms with Gasteiger partial charge in [0.2, 0.25) is 0 Å². The summed E-state index contributed by atoms with van der Waals surface area (Å²) in [6.45, 7) is 3.75. The highest BCUT2D eigenvalue weighted by atomic mass is 35.5. The minimum absolute atomic E-state index is 0. The van der Waals surface area contributed by atoms with Crippen LogP contribution in [0.25, 0.3) is 0 Å². The van der Waals surface area contributed by atoms with E-state index in [0.717, 1.165) is 13.8 Å². The van der Waals surface area contributed by atoms with E-state index in [-0.39, 0.29) is 17.4 Å². The second kappa shape index (κ2) is 5.70. The second-order valence-electron chi connectivity index (χ2n) is 4.63. The second-order valence-corrected chi connectivity index (χ2v) is 5.01. The average molecular weight is 300 g/mol. The highest BCUT2D eigenvalue weighted by molar-refractivity contribution is 6.32. The van der Waals surface area contributed by atoms with Gasteiger partial charge in [0.05, 0.1) is 5.02 Å². The molecule has 1 aromatic carbocycles. The zero-order valence-electron chi connectivity index (χ0n) is 10.4. The van der Waals surface area contributed by atoms with E-state index in [2.05, 4.69) is 0 Å². The van der Waals surface area contributed by atoms with Crippen LogP contribution in [0.5, 0.6) is 0 Å². The molecule has 3 N–H and O–H groups in total. The summed E-state index contributed by atoms with van der Waals surface area (Å²) in [6, 6.07) is 3.81. The third kappa shape index (κ3) is 3.12. The van der Waals surface area contributed by atoms with E-state index < -0.39 is 23.1 Å². The molecule has 1 rings (SSSR count). The fourth-order valence-corrected chi connectivity index (χ4v) is 1.89. The summed E-state index contributed by atoms with van der Waals surface area (Å²) in [6.07, 6.45) is 0. The molecule has 1 unspecified atom stereocenters. The van der Waals surface area contributed by atoms with Crippen molar-refractivity contribution in [2.75, 3.05) is 0 Å². The van der Waals surface area contributed by atoms with Crippen LogP contribution in [-0.4, -0.2) is 10.7 Å². The van der Waals surface area contributed by atoms with Gasteiger partial charge in [0.25, 0.3) is 0 Å². The van der Waals surface area contributed by atoms with Crippen LogP contribution in [0.3, 0.4) is 0 Å². The first-order chi connectivity index (χ1) is 7.59. The first kappa shape index (κ1) is 17.6. The van der Waals surface area contributed by atoms with E-state index in [4.69, 9.17) is 17.3 Å². The molecule has 0 spiro atoms. The van der Waals surface area contributed by atoms with Gasteiger partial charge in [-0.05, 0) is 26.3 Å². The minimum atomic E-state index is -3.44. The van der Waals surface area contributed by atoms with E-state index in [9.17, 15) is 13.9 Å². The Bertz CT molecular complexity index is 417. The molecule has 18 heavy (non-hydrogen) atoms. The molecule has 0 aromatic heterocycles. The predicted octanol–water partition coefficient (Wildman–Crippen LogP) is 3.64. The third-order valence-corrected chi connectivity index (χ3v) is 3.05. The van der Waals surface area contributed by atoms with Crippen molar-refractivity contribution >= 4 is 24.0 Å². The van der Waals surface area contributed by atoms with E-state index in [1.54, 1.807) is 13.0 Å². The number of rotatable bonds is 3. The van der Waals surface area contributed by atoms with Gasteiger partial charge in [-0.15, -0.1) is 12.4 Å². The molecule has 1 atom stereocenters. The van der Waals surface area contributed by atoms with Crippen LogP contribution >= 0.6 is 24.0 Å². The molecule has 2 nitrogen and oxygen atoms in total. The summed E-state index contributed by atoms with van der Waals surface area (Å²) in [4.78, 5) is 0. The van der Waals surface area contributed by atoms with Crippen molar-refractivity contribution in [3.63, 3.8) is 0 Å². The highest BCUT2D eigenvalue weighted by Crippen LogP contribution is 2.43. The summed E-state index contributed by atoms with van der Waals surface area (Å²) in [7, 11) is 0. The topological polar surface area (TPSA) is 46.2 Å². The number of alkyl halides is 2. The Labute approximate surface area is 117 Å². The standard InChI is InChI=1S/C12H16ClF2NO.ClH/c1-7(16)8-5-4-6-9(10(8)13)12(14,15)11(2,3)17;/h4-7,17H,16H2,1-3H3;1H. The average Bonchev–Trinajstić information content (AvgIpc) is 2.15. The smallest absolute Gasteiger partial charge is 0.302 e. The van der Waals surface area contributed by atoms with Gasteiger partial charge in [-0.1, -0.05) is 29.8 Å². The number of hydrogen-bond acceptors (Lipinski definition) is 2. The van der Waals surface area contributed by atoms with E-state index in [1.807, 2.05) is 0 Å². The van der Waals surface area contributed by atoms with Crippen molar-refractivity contribution in [3.8, 4) is 0 Å². The Morgan fingerprint density at radius 2 is 1.83 bits per heavy atom. The number of hydrogen-bond donors (Lipinski definition) is 2. The van der Waals surface area contributed by atoms with Gasteiger partial charge in [-0.25, -0.2) is 0 Å². The van der Waals surface area contributed by atoms with Crippen molar-refractivity contribution in [1.82, 2.24) is 0 Å². The maximum absolute atomic E-state index is 14.0. The Morgan fingerprint density at radius 3 is 2.22 bits per heavy atom. The minimum Gasteiger partial charge on any atom is -0.384 e. The maximum atomic E-state index is 14.0. The fourth-order valence-electron chi connectivity index (χ4n) is 1.47. The summed E-state index contributed by atoms with van der Waals surface area (Å²) in [5.41, 5.74) is 3.49. The first-order valence-electron chi connectivity index (χ1n) is 5.23. The van der Waals surface area contributed by atoms with Gasteiger partial charge in [0, 0.05) is 11.6 Å². The number of aliphatic hydroxyl groups is 1. The van der Waals surface area contributed by atoms with Crippen molar-refractivity contribution in [2.24, 2.45) is 5.73 Å². The molecule has 6 heteroatoms. The van der Waals surface area contributed by atoms with Crippen molar-refractivity contribution in [2.45, 2.75) is 38.3 Å². The maximum Gasteiger partial charge on any atom is 0.302 e. The molecule has 0 amide bonds. The van der Waals surface area contributed by atoms with Gasteiger partial charge in [0.1, 0.15) is 5.60 Å². The lowest BCUT2D eigenvalue weighted by Crippen LogP contribution is -2.40. The fraction of sp³-hybridized carbons (Fsp3) is 0.500. The highest BCUT2D eigenvalue weighted by Gasteiger charge is 2.48. The van der Waals surface area contributed by atoms with Gasteiger partial charge in [-0.3, -0.25) is 0 Å². The summed E-state index contributed by atoms with van der Waals surface area (Å²) >= 11 is 5.92. The van der Waals surface area contributed by atoms with Gasteiger partial charge < -0.3 is 10.8 Å². The van der Waals surface area contributed by atoms with Crippen molar-refractivity contribution < 1.29 is 13.9 Å². The SMILES string of the molecule is CC(N)c1cccc(C(F)(F)C(C)(C)O)c1Cl.Cl. The molecule has 0 fully saturated rings. The van der Waals surface area contributed by atoms with Crippen LogP contribution in [0.2, 0.25) is 5.02 Å². The molecule has 0 radical (unpaired) electrons. The summed E-state index contributed by atoms with van der Waals surface area (Å²) in [5, 5.41) is 9.42. The first-order valence-corrected chi connectivity index (χ1v) is 5.61. The van der Waals surface area contributed by atoms with Crippen LogP contribution in [0.15, 0.2) is 18.2 Å². The summed E-state index contributed by atoms with van der Waals surface area (Å²) < 4.78 is 28.0. The lowest BCUT2D eigenvalue weighted by atomic mass is 9.91. The summed E-state index contributed by atoms with van der Waals surface area (Å²) in [5.74, 6) is -3.44. The van der Waals surface area contributed by atoms with Gasteiger partial charge >= 0.3 is 5.92 Å². The Morgan fingerprint density at radius 1 is 1.33 bits per heavy atom. The molecule has 0 heterocycles. The Hall–Kier alpha value is -0.420. The third-order valence-electron chi connectivity index (χ3n) is 2.63. The van der Waals surface area contributed by atoms with Gasteiger partial charge in [0.15, 0.2) is 0 Å². The molecule has 0 aliphatic rings. The van der Waals surface area contributed by atoms with Crippen LogP contribution in [0.1, 0.15) is 37.9 Å². The lowest BCUT2D eigenvalue weighted by Gasteiger charge is -2.30. The van der Waals surface area contributed by atoms with Crippen LogP contribution in [0, 0.1) is 0 Å². The van der Waals surface area contributed by atoms with Crippen LogP contribution in [0.4, 0.5) is 8.78 Å². The molecular formula is C12H17Cl2F2NO. The molecule has 1 aromatic rings. The zero-order chi connectivity index (χ0) is 13.4. The van der Waals surface area contributed by atoms with E-state index >= 15 is 0 Å². The number of benzene rings is 1. The largest absolute Gasteiger partial charge is 0.384 e. The normalized spacial score (nSPS) is 14.0. The quantitative estimate of drug-likeness (QED) is 0.895. The zero-order valence-corrected chi connectivity index (χ0v) is 11.9. The van der Waals surface area contributed by atoms with Crippen LogP contribution in [-0.2, 0) is 5.92 Å². The molecular weight excluding hydrogens is 283 g/mol. The van der Waals surface area contributed by atoms with Crippen molar-refractivity contribution in [3.05, 3.63) is 34.3 Å². The van der Waals surface area contributed by atoms with Gasteiger partial charge in [-0.2, -0.15) is 8.78 Å². The predicted molar refractivity (Wildman–Crippen MR) is 71.5 cm³/mol. The molecule has 0 saturated carbocycles. The Kier molecular flexibility index (Phi) is 5.56. The molecule has 0 bridgehead atoms. The monoisotopic (exact) mass is 299 g/mol. The molecule has 0 aliphatic carbocycles.